The van der Waals surface area contributed by atoms with Gasteiger partial charge < -0.3 is 4.90 Å². The fourth-order valence-electron chi connectivity index (χ4n) is 1.78. The maximum absolute atomic E-state index is 13.1. The van der Waals surface area contributed by atoms with Crippen LogP contribution in [0.5, 0.6) is 0 Å². The summed E-state index contributed by atoms with van der Waals surface area (Å²) < 4.78 is 39.2. The summed E-state index contributed by atoms with van der Waals surface area (Å²) in [6.45, 7) is 5.94. The molecule has 0 aromatic carbocycles. The normalized spacial score (nSPS) is 12.8. The molecule has 1 aromatic heterocycles. The van der Waals surface area contributed by atoms with Crippen molar-refractivity contribution in [3.05, 3.63) is 47.7 Å². The van der Waals surface area contributed by atoms with E-state index in [9.17, 15) is 13.2 Å². The van der Waals surface area contributed by atoms with E-state index >= 15 is 0 Å². The molecule has 0 unspecified atom stereocenters. The highest BCUT2D eigenvalue weighted by molar-refractivity contribution is 5.82. The van der Waals surface area contributed by atoms with Crippen molar-refractivity contribution < 1.29 is 13.2 Å². The molecule has 114 valence electrons. The highest BCUT2D eigenvalue weighted by Gasteiger charge is 2.34. The summed E-state index contributed by atoms with van der Waals surface area (Å²) in [6.07, 6.45) is 1.41. The van der Waals surface area contributed by atoms with Crippen molar-refractivity contribution in [3.8, 4) is 0 Å². The third-order valence-electron chi connectivity index (χ3n) is 2.94. The third kappa shape index (κ3) is 4.44. The SMILES string of the molecule is C=C/C(=C\C)CN(C)c1cc(C(F)(F)F)c(C=NC)cn1. The summed E-state index contributed by atoms with van der Waals surface area (Å²) in [6, 6.07) is 1.04. The molecule has 3 nitrogen and oxygen atoms in total. The highest BCUT2D eigenvalue weighted by Crippen LogP contribution is 2.33. The average Bonchev–Trinajstić information content (AvgIpc) is 2.44. The van der Waals surface area contributed by atoms with E-state index in [1.165, 1.54) is 13.2 Å². The van der Waals surface area contributed by atoms with Gasteiger partial charge in [-0.2, -0.15) is 13.2 Å². The zero-order chi connectivity index (χ0) is 16.0. The Hall–Kier alpha value is -2.11. The van der Waals surface area contributed by atoms with Gasteiger partial charge >= 0.3 is 6.18 Å². The summed E-state index contributed by atoms with van der Waals surface area (Å²) in [4.78, 5) is 9.33. The van der Waals surface area contributed by atoms with Crippen LogP contribution in [0.4, 0.5) is 19.0 Å². The number of aliphatic imine (C=N–C) groups is 1. The molecule has 0 fully saturated rings. The second-order valence-electron chi connectivity index (χ2n) is 4.44. The van der Waals surface area contributed by atoms with Gasteiger partial charge in [-0.15, -0.1) is 0 Å². The minimum absolute atomic E-state index is 0.0443. The van der Waals surface area contributed by atoms with Gasteiger partial charge in [0.25, 0.3) is 0 Å². The van der Waals surface area contributed by atoms with E-state index in [4.69, 9.17) is 0 Å². The topological polar surface area (TPSA) is 28.5 Å². The molecule has 0 saturated carbocycles. The number of rotatable bonds is 5. The first-order valence-corrected chi connectivity index (χ1v) is 6.31. The van der Waals surface area contributed by atoms with Gasteiger partial charge in [-0.05, 0) is 18.6 Å². The average molecular weight is 297 g/mol. The third-order valence-corrected chi connectivity index (χ3v) is 2.94. The van der Waals surface area contributed by atoms with Gasteiger partial charge in [0.2, 0.25) is 0 Å². The number of pyridine rings is 1. The Morgan fingerprint density at radius 3 is 2.62 bits per heavy atom. The lowest BCUT2D eigenvalue weighted by Gasteiger charge is -2.20. The largest absolute Gasteiger partial charge is 0.417 e. The van der Waals surface area contributed by atoms with Gasteiger partial charge in [0, 0.05) is 38.6 Å². The Morgan fingerprint density at radius 2 is 2.14 bits per heavy atom. The molecule has 1 aromatic rings. The predicted molar refractivity (Wildman–Crippen MR) is 80.0 cm³/mol. The van der Waals surface area contributed by atoms with Crippen molar-refractivity contribution in [3.63, 3.8) is 0 Å². The molecule has 0 amide bonds. The number of anilines is 1. The number of halogens is 3. The Bertz CT molecular complexity index is 560. The van der Waals surface area contributed by atoms with Crippen molar-refractivity contribution in [2.24, 2.45) is 4.99 Å². The molecule has 0 saturated heterocycles. The van der Waals surface area contributed by atoms with E-state index in [0.717, 1.165) is 17.9 Å². The standard InChI is InChI=1S/C15H18F3N3/c1-5-11(6-2)10-21(4)14-7-13(15(16,17)18)12(8-19-3)9-20-14/h5-9H,1,10H2,2-4H3/b11-6+,19-8?. The Morgan fingerprint density at radius 1 is 1.48 bits per heavy atom. The predicted octanol–water partition coefficient (Wildman–Crippen LogP) is 3.72. The van der Waals surface area contributed by atoms with Crippen LogP contribution in [0.2, 0.25) is 0 Å². The highest BCUT2D eigenvalue weighted by atomic mass is 19.4. The van der Waals surface area contributed by atoms with Crippen LogP contribution in [0.3, 0.4) is 0 Å². The molecule has 1 heterocycles. The number of alkyl halides is 3. The molecule has 1 rings (SSSR count). The van der Waals surface area contributed by atoms with Crippen molar-refractivity contribution >= 4 is 12.0 Å². The second kappa shape index (κ2) is 7.06. The molecule has 0 spiro atoms. The van der Waals surface area contributed by atoms with E-state index in [0.29, 0.717) is 6.54 Å². The summed E-state index contributed by atoms with van der Waals surface area (Å²) in [5, 5.41) is 0. The first-order valence-electron chi connectivity index (χ1n) is 6.31. The maximum atomic E-state index is 13.1. The molecule has 0 N–H and O–H groups in total. The Kier molecular flexibility index (Phi) is 5.69. The maximum Gasteiger partial charge on any atom is 0.417 e. The summed E-state index contributed by atoms with van der Waals surface area (Å²) in [5.41, 5.74) is 0.120. The fraction of sp³-hybridized carbons (Fsp3) is 0.333. The van der Waals surface area contributed by atoms with Crippen LogP contribution in [0, 0.1) is 0 Å². The zero-order valence-corrected chi connectivity index (χ0v) is 12.3. The summed E-state index contributed by atoms with van der Waals surface area (Å²) >= 11 is 0. The van der Waals surface area contributed by atoms with Crippen molar-refractivity contribution in [1.82, 2.24) is 4.98 Å². The number of allylic oxidation sites excluding steroid dienone is 1. The van der Waals surface area contributed by atoms with Crippen molar-refractivity contribution in [1.29, 1.82) is 0 Å². The summed E-state index contributed by atoms with van der Waals surface area (Å²) in [7, 11) is 3.10. The van der Waals surface area contributed by atoms with Crippen LogP contribution in [0.25, 0.3) is 0 Å². The monoisotopic (exact) mass is 297 g/mol. The quantitative estimate of drug-likeness (QED) is 0.612. The molecule has 21 heavy (non-hydrogen) atoms. The van der Waals surface area contributed by atoms with Gasteiger partial charge in [0.05, 0.1) is 5.56 Å². The van der Waals surface area contributed by atoms with Gasteiger partial charge in [-0.25, -0.2) is 4.98 Å². The van der Waals surface area contributed by atoms with Crippen molar-refractivity contribution in [2.45, 2.75) is 13.1 Å². The van der Waals surface area contributed by atoms with E-state index < -0.39 is 11.7 Å². The van der Waals surface area contributed by atoms with E-state index in [1.807, 2.05) is 13.0 Å². The number of aromatic nitrogens is 1. The van der Waals surface area contributed by atoms with Gasteiger partial charge in [-0.3, -0.25) is 4.99 Å². The lowest BCUT2D eigenvalue weighted by Crippen LogP contribution is -2.22. The van der Waals surface area contributed by atoms with Crippen LogP contribution >= 0.6 is 0 Å². The Balaban J connectivity index is 3.19. The van der Waals surface area contributed by atoms with E-state index in [1.54, 1.807) is 18.0 Å². The first-order chi connectivity index (χ1) is 9.83. The minimum atomic E-state index is -4.45. The molecule has 0 aliphatic carbocycles. The lowest BCUT2D eigenvalue weighted by atomic mass is 10.1. The Labute approximate surface area is 122 Å². The zero-order valence-electron chi connectivity index (χ0n) is 12.3. The molecule has 0 aliphatic heterocycles. The van der Waals surface area contributed by atoms with Crippen LogP contribution in [0.15, 0.2) is 41.6 Å². The minimum Gasteiger partial charge on any atom is -0.355 e. The number of likely N-dealkylation sites (N-methyl/N-ethyl adjacent to an activating group) is 1. The molecule has 0 bridgehead atoms. The smallest absolute Gasteiger partial charge is 0.355 e. The van der Waals surface area contributed by atoms with Crippen LogP contribution in [-0.4, -0.2) is 31.8 Å². The van der Waals surface area contributed by atoms with E-state index in [-0.39, 0.29) is 11.4 Å². The van der Waals surface area contributed by atoms with Crippen LogP contribution in [-0.2, 0) is 6.18 Å². The number of hydrogen-bond acceptors (Lipinski definition) is 3. The van der Waals surface area contributed by atoms with Crippen LogP contribution < -0.4 is 4.90 Å². The van der Waals surface area contributed by atoms with Crippen LogP contribution in [0.1, 0.15) is 18.1 Å². The number of hydrogen-bond donors (Lipinski definition) is 0. The van der Waals surface area contributed by atoms with Gasteiger partial charge in [0.15, 0.2) is 0 Å². The lowest BCUT2D eigenvalue weighted by molar-refractivity contribution is -0.137. The molecule has 0 atom stereocenters. The van der Waals surface area contributed by atoms with Crippen molar-refractivity contribution in [2.75, 3.05) is 25.5 Å². The van der Waals surface area contributed by atoms with Gasteiger partial charge in [0.1, 0.15) is 5.82 Å². The molecular weight excluding hydrogens is 279 g/mol. The number of nitrogens with zero attached hydrogens (tertiary/aromatic N) is 3. The first kappa shape index (κ1) is 16.9. The molecule has 0 aliphatic rings. The summed E-state index contributed by atoms with van der Waals surface area (Å²) in [5.74, 6) is 0.247. The molecule has 0 radical (unpaired) electrons. The van der Waals surface area contributed by atoms with E-state index in [2.05, 4.69) is 16.6 Å². The second-order valence-corrected chi connectivity index (χ2v) is 4.44. The van der Waals surface area contributed by atoms with Gasteiger partial charge in [-0.1, -0.05) is 18.7 Å². The fourth-order valence-corrected chi connectivity index (χ4v) is 1.78. The molecular formula is C15H18F3N3. The molecule has 6 heteroatoms.